The number of alkyl halides is 1. The second kappa shape index (κ2) is 7.77. The summed E-state index contributed by atoms with van der Waals surface area (Å²) in [6.45, 7) is 0.181. The summed E-state index contributed by atoms with van der Waals surface area (Å²) >= 11 is 6.51. The Morgan fingerprint density at radius 1 is 0.769 bits per heavy atom. The minimum absolute atomic E-state index is 0.275. The largest absolute Gasteiger partial charge is 0.394 e. The molecule has 0 spiro atoms. The molecule has 0 amide bonds. The molecule has 8 nitrogen and oxygen atoms in total. The van der Waals surface area contributed by atoms with Gasteiger partial charge >= 0.3 is 0 Å². The lowest BCUT2D eigenvalue weighted by Crippen LogP contribution is -2.63. The Morgan fingerprint density at radius 2 is 1.46 bits per heavy atom. The Hall–Kier alpha value is -0.0300. The Bertz CT molecular complexity index is 495. The summed E-state index contributed by atoms with van der Waals surface area (Å²) in [5, 5.41) is 39.8. The molecule has 9 heteroatoms. The molecule has 11 atom stereocenters. The third-order valence-electron chi connectivity index (χ3n) is 5.97. The summed E-state index contributed by atoms with van der Waals surface area (Å²) in [5.41, 5.74) is 0. The maximum Gasteiger partial charge on any atom is 0.110 e. The van der Waals surface area contributed by atoms with Gasteiger partial charge in [0.05, 0.1) is 48.6 Å². The van der Waals surface area contributed by atoms with Gasteiger partial charge in [0.15, 0.2) is 0 Å². The Morgan fingerprint density at radius 3 is 2.23 bits per heavy atom. The monoisotopic (exact) mass is 394 g/mol. The molecule has 150 valence electrons. The zero-order valence-corrected chi connectivity index (χ0v) is 15.1. The van der Waals surface area contributed by atoms with Gasteiger partial charge in [0.1, 0.15) is 24.4 Å². The minimum Gasteiger partial charge on any atom is -0.394 e. The Labute approximate surface area is 156 Å². The van der Waals surface area contributed by atoms with E-state index in [1.807, 2.05) is 0 Å². The maximum absolute atomic E-state index is 10.5. The molecule has 0 unspecified atom stereocenters. The lowest BCUT2D eigenvalue weighted by molar-refractivity contribution is -0.283. The molecular weight excluding hydrogens is 368 g/mol. The second-order valence-corrected chi connectivity index (χ2v) is 8.28. The van der Waals surface area contributed by atoms with Gasteiger partial charge in [-0.2, -0.15) is 0 Å². The fraction of sp³-hybridized carbons (Fsp3) is 1.00. The van der Waals surface area contributed by atoms with Gasteiger partial charge in [-0.1, -0.05) is 0 Å². The van der Waals surface area contributed by atoms with Crippen molar-refractivity contribution in [2.24, 2.45) is 0 Å². The summed E-state index contributed by atoms with van der Waals surface area (Å²) in [6, 6.07) is 0. The minimum atomic E-state index is -0.834. The first kappa shape index (κ1) is 19.3. The molecule has 4 fully saturated rings. The molecule has 4 aliphatic rings. The molecule has 4 aliphatic heterocycles. The van der Waals surface area contributed by atoms with Crippen molar-refractivity contribution in [1.82, 2.24) is 0 Å². The Balaban J connectivity index is 1.45. The Kier molecular flexibility index (Phi) is 5.77. The summed E-state index contributed by atoms with van der Waals surface area (Å²) in [6.07, 6.45) is -4.08. The average Bonchev–Trinajstić information content (AvgIpc) is 2.61. The fourth-order valence-corrected chi connectivity index (χ4v) is 4.97. The summed E-state index contributed by atoms with van der Waals surface area (Å²) in [4.78, 5) is 0. The van der Waals surface area contributed by atoms with Gasteiger partial charge in [0, 0.05) is 19.4 Å². The van der Waals surface area contributed by atoms with Crippen molar-refractivity contribution in [3.8, 4) is 0 Å². The standard InChI is InChI=1S/C17H27ClO8/c18-7-3-12(24-13-4-9(21)14(6-19)25-15(7)13)17-10(22)5-11-16(26-17)8(20)1-2-23-11/h7-17,19-22H,1-6H2/t7-,8-,9+,10-,11+,12+,13+,14+,15-,16-,17-/m0/s1. The van der Waals surface area contributed by atoms with Crippen LogP contribution in [0.2, 0.25) is 0 Å². The van der Waals surface area contributed by atoms with E-state index in [1.54, 1.807) is 0 Å². The lowest BCUT2D eigenvalue weighted by Gasteiger charge is -2.50. The first-order valence-electron chi connectivity index (χ1n) is 9.35. The number of aliphatic hydroxyl groups excluding tert-OH is 4. The number of halogens is 1. The van der Waals surface area contributed by atoms with E-state index in [1.165, 1.54) is 0 Å². The molecule has 0 bridgehead atoms. The predicted octanol–water partition coefficient (Wildman–Crippen LogP) is -1.07. The quantitative estimate of drug-likeness (QED) is 0.437. The third-order valence-corrected chi connectivity index (χ3v) is 6.40. The highest BCUT2D eigenvalue weighted by atomic mass is 35.5. The van der Waals surface area contributed by atoms with Crippen LogP contribution in [0.1, 0.15) is 25.7 Å². The summed E-state index contributed by atoms with van der Waals surface area (Å²) < 4.78 is 23.4. The molecule has 0 radical (unpaired) electrons. The molecule has 0 saturated carbocycles. The summed E-state index contributed by atoms with van der Waals surface area (Å²) in [5.74, 6) is 0. The van der Waals surface area contributed by atoms with Crippen LogP contribution in [0.3, 0.4) is 0 Å². The molecule has 4 rings (SSSR count). The molecule has 26 heavy (non-hydrogen) atoms. The number of rotatable bonds is 2. The van der Waals surface area contributed by atoms with Crippen LogP contribution in [0.25, 0.3) is 0 Å². The van der Waals surface area contributed by atoms with Gasteiger partial charge in [0.2, 0.25) is 0 Å². The van der Waals surface area contributed by atoms with E-state index in [4.69, 9.17) is 30.5 Å². The topological polar surface area (TPSA) is 118 Å². The first-order valence-corrected chi connectivity index (χ1v) is 9.78. The zero-order chi connectivity index (χ0) is 18.4. The van der Waals surface area contributed by atoms with Crippen LogP contribution in [-0.4, -0.2) is 100 Å². The lowest BCUT2D eigenvalue weighted by atomic mass is 9.85. The highest BCUT2D eigenvalue weighted by Crippen LogP contribution is 2.39. The van der Waals surface area contributed by atoms with Gasteiger partial charge in [-0.25, -0.2) is 0 Å². The van der Waals surface area contributed by atoms with E-state index >= 15 is 0 Å². The van der Waals surface area contributed by atoms with Gasteiger partial charge in [-0.15, -0.1) is 11.6 Å². The number of hydrogen-bond donors (Lipinski definition) is 4. The SMILES string of the molecule is OC[C@H]1O[C@H]2[C@@H](Cl)C[C@H]([C@H]3O[C@H]4[C@@H](O)CCO[C@@H]4C[C@@H]3O)O[C@@H]2C[C@H]1O. The van der Waals surface area contributed by atoms with Crippen molar-refractivity contribution in [3.05, 3.63) is 0 Å². The van der Waals surface area contributed by atoms with E-state index in [9.17, 15) is 20.4 Å². The van der Waals surface area contributed by atoms with Crippen molar-refractivity contribution in [2.75, 3.05) is 13.2 Å². The van der Waals surface area contributed by atoms with Gasteiger partial charge in [-0.3, -0.25) is 0 Å². The average molecular weight is 395 g/mol. The predicted molar refractivity (Wildman–Crippen MR) is 88.9 cm³/mol. The fourth-order valence-electron chi connectivity index (χ4n) is 4.57. The van der Waals surface area contributed by atoms with Crippen molar-refractivity contribution in [1.29, 1.82) is 0 Å². The molecule has 0 aromatic rings. The van der Waals surface area contributed by atoms with Crippen molar-refractivity contribution in [3.63, 3.8) is 0 Å². The maximum atomic E-state index is 10.5. The number of aliphatic hydroxyl groups is 4. The zero-order valence-electron chi connectivity index (χ0n) is 14.4. The van der Waals surface area contributed by atoms with E-state index in [0.717, 1.165) is 0 Å². The molecule has 4 heterocycles. The summed E-state index contributed by atoms with van der Waals surface area (Å²) in [7, 11) is 0. The smallest absolute Gasteiger partial charge is 0.110 e. The highest BCUT2D eigenvalue weighted by Gasteiger charge is 2.51. The molecule has 0 aromatic carbocycles. The molecule has 0 aromatic heterocycles. The molecule has 0 aliphatic carbocycles. The molecular formula is C17H27ClO8. The second-order valence-electron chi connectivity index (χ2n) is 7.72. The highest BCUT2D eigenvalue weighted by molar-refractivity contribution is 6.21. The van der Waals surface area contributed by atoms with Crippen LogP contribution in [0.5, 0.6) is 0 Å². The third kappa shape index (κ3) is 3.52. The van der Waals surface area contributed by atoms with Gasteiger partial charge < -0.3 is 39.4 Å². The van der Waals surface area contributed by atoms with Crippen LogP contribution in [0.15, 0.2) is 0 Å². The number of ether oxygens (including phenoxy) is 4. The molecule has 4 N–H and O–H groups in total. The van der Waals surface area contributed by atoms with Crippen molar-refractivity contribution >= 4 is 11.6 Å². The van der Waals surface area contributed by atoms with E-state index < -0.39 is 54.9 Å². The van der Waals surface area contributed by atoms with Crippen molar-refractivity contribution < 1.29 is 39.4 Å². The first-order chi connectivity index (χ1) is 12.5. The normalized spacial score (nSPS) is 55.0. The number of hydrogen-bond acceptors (Lipinski definition) is 8. The van der Waals surface area contributed by atoms with Crippen LogP contribution in [0.4, 0.5) is 0 Å². The van der Waals surface area contributed by atoms with Crippen LogP contribution in [0, 0.1) is 0 Å². The van der Waals surface area contributed by atoms with Gasteiger partial charge in [0.25, 0.3) is 0 Å². The van der Waals surface area contributed by atoms with Crippen LogP contribution < -0.4 is 0 Å². The van der Waals surface area contributed by atoms with Crippen LogP contribution >= 0.6 is 11.6 Å². The van der Waals surface area contributed by atoms with E-state index in [-0.39, 0.29) is 18.1 Å². The van der Waals surface area contributed by atoms with Crippen LogP contribution in [-0.2, 0) is 18.9 Å². The molecule has 4 saturated heterocycles. The van der Waals surface area contributed by atoms with E-state index in [0.29, 0.717) is 32.3 Å². The van der Waals surface area contributed by atoms with E-state index in [2.05, 4.69) is 0 Å². The van der Waals surface area contributed by atoms with Crippen molar-refractivity contribution in [2.45, 2.75) is 92.1 Å². The van der Waals surface area contributed by atoms with Gasteiger partial charge in [-0.05, 0) is 12.8 Å². The number of fused-ring (bicyclic) bond motifs is 2.